The van der Waals surface area contributed by atoms with E-state index in [0.717, 1.165) is 62.9 Å². The van der Waals surface area contributed by atoms with Crippen LogP contribution < -0.4 is 10.6 Å². The molecule has 0 radical (unpaired) electrons. The van der Waals surface area contributed by atoms with Gasteiger partial charge in [-0.3, -0.25) is 4.79 Å². The van der Waals surface area contributed by atoms with Gasteiger partial charge in [0.15, 0.2) is 5.69 Å². The van der Waals surface area contributed by atoms with Gasteiger partial charge in [0, 0.05) is 31.2 Å². The van der Waals surface area contributed by atoms with Gasteiger partial charge in [0.1, 0.15) is 0 Å². The number of carbonyl (C=O) groups excluding carboxylic acids is 2. The van der Waals surface area contributed by atoms with Gasteiger partial charge in [0.25, 0.3) is 5.91 Å². The third-order valence-electron chi connectivity index (χ3n) is 7.84. The van der Waals surface area contributed by atoms with E-state index in [9.17, 15) is 9.59 Å². The molecule has 0 spiro atoms. The number of amides is 2. The molecule has 2 fully saturated rings. The number of piperazine rings is 1. The zero-order valence-corrected chi connectivity index (χ0v) is 22.0. The van der Waals surface area contributed by atoms with Crippen LogP contribution in [0.4, 0.5) is 4.79 Å². The molecule has 0 bridgehead atoms. The second kappa shape index (κ2) is 12.3. The van der Waals surface area contributed by atoms with Gasteiger partial charge in [-0.2, -0.15) is 0 Å². The highest BCUT2D eigenvalue weighted by Crippen LogP contribution is 2.35. The first kappa shape index (κ1) is 26.0. The highest BCUT2D eigenvalue weighted by Gasteiger charge is 2.35. The van der Waals surface area contributed by atoms with Gasteiger partial charge >= 0.3 is 6.09 Å². The largest absolute Gasteiger partial charge is 0.453 e. The summed E-state index contributed by atoms with van der Waals surface area (Å²) in [5, 5.41) is 6.49. The van der Waals surface area contributed by atoms with Crippen molar-refractivity contribution in [3.8, 4) is 11.3 Å². The maximum atomic E-state index is 14.1. The molecule has 38 heavy (non-hydrogen) atoms. The Hall–Kier alpha value is -3.65. The van der Waals surface area contributed by atoms with E-state index in [1.807, 2.05) is 41.3 Å². The quantitative estimate of drug-likeness (QED) is 0.486. The summed E-state index contributed by atoms with van der Waals surface area (Å²) < 4.78 is 7.01. The molecule has 1 aliphatic carbocycles. The first-order valence-corrected chi connectivity index (χ1v) is 13.7. The summed E-state index contributed by atoms with van der Waals surface area (Å²) >= 11 is 0. The smallest absolute Gasteiger partial charge is 0.407 e. The summed E-state index contributed by atoms with van der Waals surface area (Å²) in [5.41, 5.74) is 3.53. The van der Waals surface area contributed by atoms with E-state index >= 15 is 0 Å². The summed E-state index contributed by atoms with van der Waals surface area (Å²) in [4.78, 5) is 33.0. The Labute approximate surface area is 224 Å². The zero-order valence-electron chi connectivity index (χ0n) is 22.0. The van der Waals surface area contributed by atoms with Crippen LogP contribution in [0.25, 0.3) is 11.3 Å². The molecule has 1 aliphatic heterocycles. The molecule has 8 nitrogen and oxygen atoms in total. The van der Waals surface area contributed by atoms with E-state index in [0.29, 0.717) is 12.2 Å². The molecule has 2 N–H and O–H groups in total. The fraction of sp³-hybridized carbons (Fsp3) is 0.433. The first-order valence-electron chi connectivity index (χ1n) is 13.7. The van der Waals surface area contributed by atoms with Gasteiger partial charge in [0.2, 0.25) is 0 Å². The van der Waals surface area contributed by atoms with Crippen molar-refractivity contribution in [2.24, 2.45) is 0 Å². The number of aromatic nitrogens is 2. The normalized spacial score (nSPS) is 21.6. The Morgan fingerprint density at radius 1 is 1.05 bits per heavy atom. The summed E-state index contributed by atoms with van der Waals surface area (Å²) in [6.45, 7) is 2.19. The van der Waals surface area contributed by atoms with E-state index in [1.54, 1.807) is 6.33 Å². The molecule has 200 valence electrons. The maximum absolute atomic E-state index is 14.1. The monoisotopic (exact) mass is 515 g/mol. The lowest BCUT2D eigenvalue weighted by Gasteiger charge is -2.36. The summed E-state index contributed by atoms with van der Waals surface area (Å²) in [6, 6.07) is 20.4. The number of hydrogen-bond acceptors (Lipinski definition) is 5. The van der Waals surface area contributed by atoms with Crippen molar-refractivity contribution >= 4 is 12.0 Å². The lowest BCUT2D eigenvalue weighted by molar-refractivity contribution is 0.0620. The van der Waals surface area contributed by atoms with Crippen LogP contribution in [-0.2, 0) is 11.2 Å². The molecule has 1 saturated carbocycles. The van der Waals surface area contributed by atoms with Crippen molar-refractivity contribution in [3.05, 3.63) is 78.2 Å². The third kappa shape index (κ3) is 5.75. The minimum atomic E-state index is -0.429. The number of hydrogen-bond donors (Lipinski definition) is 2. The second-order valence-corrected chi connectivity index (χ2v) is 10.2. The fourth-order valence-corrected chi connectivity index (χ4v) is 5.87. The molecule has 5 rings (SSSR count). The molecule has 8 heteroatoms. The highest BCUT2D eigenvalue weighted by molar-refractivity contribution is 5.98. The van der Waals surface area contributed by atoms with Crippen LogP contribution in [0.5, 0.6) is 0 Å². The molecule has 3 aromatic rings. The molecule has 3 atom stereocenters. The Balaban J connectivity index is 1.46. The SMILES string of the molecule is COC(=O)N[C@H]1CCCC[C@@H]1n1cnc(C(=O)N2CCNC[C@H]2CCc2ccccc2)c1-c1ccccc1. The lowest BCUT2D eigenvalue weighted by Crippen LogP contribution is -2.54. The van der Waals surface area contributed by atoms with Crippen molar-refractivity contribution in [1.82, 2.24) is 25.1 Å². The van der Waals surface area contributed by atoms with Gasteiger partial charge in [-0.15, -0.1) is 0 Å². The number of rotatable bonds is 7. The number of methoxy groups -OCH3 is 1. The average Bonchev–Trinajstić information content (AvgIpc) is 3.42. The van der Waals surface area contributed by atoms with Crippen LogP contribution >= 0.6 is 0 Å². The molecule has 2 aliphatic rings. The van der Waals surface area contributed by atoms with Gasteiger partial charge in [0.05, 0.1) is 31.2 Å². The van der Waals surface area contributed by atoms with Gasteiger partial charge < -0.3 is 24.8 Å². The number of nitrogens with one attached hydrogen (secondary N) is 2. The van der Waals surface area contributed by atoms with Crippen LogP contribution in [0.2, 0.25) is 0 Å². The summed E-state index contributed by atoms with van der Waals surface area (Å²) in [7, 11) is 1.39. The van der Waals surface area contributed by atoms with E-state index in [4.69, 9.17) is 9.72 Å². The lowest BCUT2D eigenvalue weighted by atomic mass is 9.89. The topological polar surface area (TPSA) is 88.5 Å². The summed E-state index contributed by atoms with van der Waals surface area (Å²) in [5.74, 6) is -0.0320. The molecule has 0 unspecified atom stereocenters. The summed E-state index contributed by atoms with van der Waals surface area (Å²) in [6.07, 6.45) is 7.01. The Bertz CT molecular complexity index is 1210. The van der Waals surface area contributed by atoms with E-state index in [1.165, 1.54) is 12.7 Å². The fourth-order valence-electron chi connectivity index (χ4n) is 5.87. The van der Waals surface area contributed by atoms with Gasteiger partial charge in [-0.05, 0) is 31.2 Å². The predicted molar refractivity (Wildman–Crippen MR) is 147 cm³/mol. The second-order valence-electron chi connectivity index (χ2n) is 10.2. The van der Waals surface area contributed by atoms with Crippen LogP contribution in [0, 0.1) is 0 Å². The standard InChI is InChI=1S/C30H37N5O3/c1-38-30(37)33-25-14-8-9-15-26(25)35-21-32-27(28(35)23-12-6-3-7-13-23)29(36)34-19-18-31-20-24(34)17-16-22-10-4-2-5-11-22/h2-7,10-13,21,24-26,31H,8-9,14-20H2,1H3,(H,33,37)/t24-,25+,26+/m1/s1. The first-order chi connectivity index (χ1) is 18.7. The van der Waals surface area contributed by atoms with E-state index in [-0.39, 0.29) is 24.0 Å². The molecule has 2 heterocycles. The molecule has 1 aromatic heterocycles. The Morgan fingerprint density at radius 2 is 1.79 bits per heavy atom. The Kier molecular flexibility index (Phi) is 8.38. The molecule has 2 aromatic carbocycles. The number of benzene rings is 2. The number of alkyl carbamates (subject to hydrolysis) is 1. The van der Waals surface area contributed by atoms with E-state index in [2.05, 4.69) is 39.5 Å². The third-order valence-corrected chi connectivity index (χ3v) is 7.84. The maximum Gasteiger partial charge on any atom is 0.407 e. The van der Waals surface area contributed by atoms with Crippen molar-refractivity contribution in [2.75, 3.05) is 26.7 Å². The van der Waals surface area contributed by atoms with Crippen molar-refractivity contribution in [1.29, 1.82) is 0 Å². The van der Waals surface area contributed by atoms with Crippen LogP contribution in [0.15, 0.2) is 67.0 Å². The van der Waals surface area contributed by atoms with E-state index < -0.39 is 6.09 Å². The Morgan fingerprint density at radius 3 is 2.55 bits per heavy atom. The molecular formula is C30H37N5O3. The number of nitrogens with zero attached hydrogens (tertiary/aromatic N) is 3. The number of ether oxygens (including phenoxy) is 1. The minimum Gasteiger partial charge on any atom is -0.453 e. The highest BCUT2D eigenvalue weighted by atomic mass is 16.5. The number of aryl methyl sites for hydroxylation is 1. The molecule has 2 amide bonds. The number of carbonyl (C=O) groups is 2. The van der Waals surface area contributed by atoms with Crippen LogP contribution in [0.1, 0.15) is 54.2 Å². The van der Waals surface area contributed by atoms with Crippen LogP contribution in [-0.4, -0.2) is 65.3 Å². The zero-order chi connectivity index (χ0) is 26.3. The van der Waals surface area contributed by atoms with Gasteiger partial charge in [-0.25, -0.2) is 9.78 Å². The van der Waals surface area contributed by atoms with Crippen molar-refractivity contribution in [2.45, 2.75) is 56.7 Å². The molecular weight excluding hydrogens is 478 g/mol. The minimum absolute atomic E-state index is 0.0102. The van der Waals surface area contributed by atoms with Crippen LogP contribution in [0.3, 0.4) is 0 Å². The van der Waals surface area contributed by atoms with Gasteiger partial charge in [-0.1, -0.05) is 73.5 Å². The van der Waals surface area contributed by atoms with Crippen molar-refractivity contribution in [3.63, 3.8) is 0 Å². The average molecular weight is 516 g/mol. The number of imidazole rings is 1. The van der Waals surface area contributed by atoms with Crippen molar-refractivity contribution < 1.29 is 14.3 Å². The molecule has 1 saturated heterocycles. The predicted octanol–water partition coefficient (Wildman–Crippen LogP) is 4.44.